The Morgan fingerprint density at radius 1 is 0.316 bits per heavy atom. The summed E-state index contributed by atoms with van der Waals surface area (Å²) in [5, 5.41) is 14.4. The molecule has 5 aromatic heterocycles. The van der Waals surface area contributed by atoms with Crippen LogP contribution in [0.2, 0.25) is 0 Å². The Bertz CT molecular complexity index is 3960. The molecule has 0 spiro atoms. The molecule has 0 aliphatic heterocycles. The van der Waals surface area contributed by atoms with Crippen LogP contribution in [0.15, 0.2) is 246 Å². The van der Waals surface area contributed by atoms with Gasteiger partial charge in [-0.1, -0.05) is 72.8 Å². The summed E-state index contributed by atoms with van der Waals surface area (Å²) in [5.74, 6) is 0. The van der Waals surface area contributed by atoms with Gasteiger partial charge in [0.15, 0.2) is 0 Å². The lowest BCUT2D eigenvalue weighted by Crippen LogP contribution is -2.09. The number of aromatic nitrogens is 5. The number of fused-ring (bicyclic) bond motifs is 3. The van der Waals surface area contributed by atoms with Gasteiger partial charge in [-0.2, -0.15) is 0 Å². The van der Waals surface area contributed by atoms with Gasteiger partial charge in [-0.05, 0) is 175 Å². The van der Waals surface area contributed by atoms with Crippen molar-refractivity contribution < 1.29 is 0 Å². The number of hydrogen-bond donors (Lipinski definition) is 0. The summed E-state index contributed by atoms with van der Waals surface area (Å²) in [7, 11) is 0. The number of nitrogens with zero attached hydrogens (tertiary/aromatic N) is 7. The van der Waals surface area contributed by atoms with Crippen molar-refractivity contribution >= 4 is 101 Å². The zero-order valence-corrected chi connectivity index (χ0v) is 46.2. The monoisotopic (exact) mass is 1090 g/mol. The predicted octanol–water partition coefficient (Wildman–Crippen LogP) is 20.2. The lowest BCUT2D eigenvalue weighted by Gasteiger charge is -2.26. The molecule has 14 aromatic rings. The predicted molar refractivity (Wildman–Crippen MR) is 335 cm³/mol. The van der Waals surface area contributed by atoms with E-state index in [-0.39, 0.29) is 0 Å². The smallest absolute Gasteiger partial charge is 0.123 e. The Labute approximate surface area is 474 Å². The molecular formula is C68H47N7S4. The van der Waals surface area contributed by atoms with E-state index in [2.05, 4.69) is 250 Å². The summed E-state index contributed by atoms with van der Waals surface area (Å²) in [6.07, 6.45) is 7.56. The van der Waals surface area contributed by atoms with Gasteiger partial charge in [-0.25, -0.2) is 19.9 Å². The molecule has 0 unspecified atom stereocenters. The minimum atomic E-state index is 0.974. The third kappa shape index (κ3) is 9.02. The van der Waals surface area contributed by atoms with Crippen LogP contribution in [0.1, 0.15) is 11.1 Å². The molecule has 0 aliphatic rings. The third-order valence-corrected chi connectivity index (χ3v) is 17.8. The van der Waals surface area contributed by atoms with Crippen molar-refractivity contribution in [2.24, 2.45) is 0 Å². The number of hydrogen-bond acceptors (Lipinski definition) is 10. The number of benzene rings is 9. The van der Waals surface area contributed by atoms with Crippen molar-refractivity contribution in [1.82, 2.24) is 24.5 Å². The fraction of sp³-hybridized carbons (Fsp3) is 0.0294. The van der Waals surface area contributed by atoms with Gasteiger partial charge in [0.2, 0.25) is 0 Å². The highest BCUT2D eigenvalue weighted by Crippen LogP contribution is 2.46. The molecule has 9 aromatic carbocycles. The Kier molecular flexibility index (Phi) is 12.6. The molecule has 0 atom stereocenters. The maximum absolute atomic E-state index is 4.87. The molecule has 0 fully saturated rings. The van der Waals surface area contributed by atoms with E-state index in [1.807, 2.05) is 24.8 Å². The van der Waals surface area contributed by atoms with Crippen LogP contribution in [0.4, 0.5) is 34.1 Å². The van der Waals surface area contributed by atoms with Crippen molar-refractivity contribution in [2.75, 3.05) is 9.80 Å². The average molecular weight is 1090 g/mol. The van der Waals surface area contributed by atoms with E-state index >= 15 is 0 Å². The Morgan fingerprint density at radius 3 is 0.911 bits per heavy atom. The molecule has 79 heavy (non-hydrogen) atoms. The molecular weight excluding hydrogens is 1040 g/mol. The molecule has 5 heterocycles. The molecule has 0 aliphatic carbocycles. The summed E-state index contributed by atoms with van der Waals surface area (Å²) < 4.78 is 2.46. The molecule has 0 N–H and O–H groups in total. The average Bonchev–Trinajstić information content (AvgIpc) is 4.52. The maximum atomic E-state index is 4.87. The van der Waals surface area contributed by atoms with Crippen molar-refractivity contribution in [2.45, 2.75) is 13.8 Å². The SMILES string of the molecule is Cc1c(-c2nccs2)cc(-c2cc(-c3cc(-c4nccs4)c(C)c(-c4nccs4)c3)cc(-n3c4ccc(N(c5ccccc5)c5ccccc5)cc4c4cc(N(c5ccccc5)c5ccccc5)ccc43)c2)cc1-c1nccs1. The lowest BCUT2D eigenvalue weighted by atomic mass is 9.91. The zero-order valence-electron chi connectivity index (χ0n) is 42.9. The molecule has 0 saturated heterocycles. The highest BCUT2D eigenvalue weighted by Gasteiger charge is 2.23. The van der Waals surface area contributed by atoms with E-state index in [0.717, 1.165) is 137 Å². The summed E-state index contributed by atoms with van der Waals surface area (Å²) in [4.78, 5) is 24.2. The largest absolute Gasteiger partial charge is 0.310 e. The van der Waals surface area contributed by atoms with Gasteiger partial charge in [-0.15, -0.1) is 45.3 Å². The normalized spacial score (nSPS) is 11.4. The van der Waals surface area contributed by atoms with Crippen molar-refractivity contribution in [1.29, 1.82) is 0 Å². The zero-order chi connectivity index (χ0) is 52.8. The maximum Gasteiger partial charge on any atom is 0.123 e. The molecule has 14 rings (SSSR count). The molecule has 378 valence electrons. The first-order chi connectivity index (χ1) is 39.0. The second-order valence-electron chi connectivity index (χ2n) is 19.3. The van der Waals surface area contributed by atoms with Crippen LogP contribution in [-0.4, -0.2) is 24.5 Å². The highest BCUT2D eigenvalue weighted by molar-refractivity contribution is 7.14. The quantitative estimate of drug-likeness (QED) is 0.115. The van der Waals surface area contributed by atoms with E-state index < -0.39 is 0 Å². The number of thiazole rings is 4. The van der Waals surface area contributed by atoms with Gasteiger partial charge in [0.1, 0.15) is 20.0 Å². The van der Waals surface area contributed by atoms with Crippen LogP contribution in [-0.2, 0) is 0 Å². The fourth-order valence-corrected chi connectivity index (χ4v) is 13.8. The van der Waals surface area contributed by atoms with Crippen molar-refractivity contribution in [3.63, 3.8) is 0 Å². The summed E-state index contributed by atoms with van der Waals surface area (Å²) >= 11 is 6.63. The van der Waals surface area contributed by atoms with Crippen molar-refractivity contribution in [3.05, 3.63) is 258 Å². The van der Waals surface area contributed by atoms with E-state index in [9.17, 15) is 0 Å². The number of anilines is 6. The number of para-hydroxylation sites is 4. The van der Waals surface area contributed by atoms with Crippen molar-refractivity contribution in [3.8, 4) is 70.2 Å². The fourth-order valence-electron chi connectivity index (χ4n) is 10.9. The first kappa shape index (κ1) is 48.3. The Hall–Kier alpha value is -9.10. The second-order valence-corrected chi connectivity index (χ2v) is 22.8. The third-order valence-electron chi connectivity index (χ3n) is 14.6. The van der Waals surface area contributed by atoms with Gasteiger partial charge < -0.3 is 14.4 Å². The topological polar surface area (TPSA) is 63.0 Å². The van der Waals surface area contributed by atoms with Gasteiger partial charge >= 0.3 is 0 Å². The lowest BCUT2D eigenvalue weighted by molar-refractivity contribution is 1.18. The van der Waals surface area contributed by atoms with Crippen LogP contribution in [0, 0.1) is 13.8 Å². The molecule has 0 bridgehead atoms. The first-order valence-electron chi connectivity index (χ1n) is 25.9. The minimum absolute atomic E-state index is 0.974. The van der Waals surface area contributed by atoms with Gasteiger partial charge in [-0.3, -0.25) is 0 Å². The number of rotatable bonds is 13. The van der Waals surface area contributed by atoms with Crippen LogP contribution in [0.3, 0.4) is 0 Å². The summed E-state index contributed by atoms with van der Waals surface area (Å²) in [6.45, 7) is 4.39. The molecule has 7 nitrogen and oxygen atoms in total. The summed E-state index contributed by atoms with van der Waals surface area (Å²) in [5.41, 5.74) is 20.6. The van der Waals surface area contributed by atoms with Crippen LogP contribution < -0.4 is 9.80 Å². The molecule has 0 radical (unpaired) electrons. The Morgan fingerprint density at radius 2 is 0.620 bits per heavy atom. The second kappa shape index (κ2) is 20.7. The van der Waals surface area contributed by atoms with Gasteiger partial charge in [0.05, 0.1) is 11.0 Å². The van der Waals surface area contributed by atoms with E-state index in [1.54, 1.807) is 45.3 Å². The highest BCUT2D eigenvalue weighted by atomic mass is 32.1. The molecule has 0 saturated carbocycles. The van der Waals surface area contributed by atoms with Gasteiger partial charge in [0.25, 0.3) is 0 Å². The summed E-state index contributed by atoms with van der Waals surface area (Å²) in [6, 6.07) is 72.9. The minimum Gasteiger partial charge on any atom is -0.310 e. The Balaban J connectivity index is 1.06. The van der Waals surface area contributed by atoms with E-state index in [4.69, 9.17) is 19.9 Å². The van der Waals surface area contributed by atoms with E-state index in [0.29, 0.717) is 0 Å². The van der Waals surface area contributed by atoms with E-state index in [1.165, 1.54) is 0 Å². The standard InChI is InChI=1S/C68H47N7S4/c1-44-57(65-69-27-31-76-65)38-48(39-58(44)66-70-28-32-77-66)46-35-47(49-40-59(67-71-29-33-78-67)45(2)60(41-49)68-72-30-34-79-68)37-56(36-46)75-63-25-23-54(73(50-15-7-3-8-16-50)51-17-9-4-10-18-51)42-61(63)62-43-55(24-26-64(62)75)74(52-19-11-5-12-20-52)53-21-13-6-14-22-53/h3-43H,1-2H3. The molecule has 0 amide bonds. The van der Waals surface area contributed by atoms with Crippen LogP contribution in [0.5, 0.6) is 0 Å². The molecule has 11 heteroatoms. The van der Waals surface area contributed by atoms with Crippen LogP contribution >= 0.6 is 45.3 Å². The van der Waals surface area contributed by atoms with Gasteiger partial charge in [0, 0.05) is 119 Å². The first-order valence-corrected chi connectivity index (χ1v) is 29.5. The van der Waals surface area contributed by atoms with Crippen LogP contribution in [0.25, 0.3) is 92.0 Å².